The van der Waals surface area contributed by atoms with Crippen LogP contribution in [-0.2, 0) is 18.4 Å². The highest BCUT2D eigenvalue weighted by Crippen LogP contribution is 2.56. The number of piperidine rings is 1. The maximum Gasteiger partial charge on any atom is 0.115 e. The molecule has 2 aromatic carbocycles. The normalized spacial score (nSPS) is 31.2. The highest BCUT2D eigenvalue weighted by molar-refractivity contribution is 5.77. The van der Waals surface area contributed by atoms with Crippen LogP contribution in [0.15, 0.2) is 48.7 Å². The Kier molecular flexibility index (Phi) is 5.02. The summed E-state index contributed by atoms with van der Waals surface area (Å²) in [4.78, 5) is 5.15. The fraction of sp³-hybridized carbons (Fsp3) is 0.552. The van der Waals surface area contributed by atoms with E-state index in [0.29, 0.717) is 5.75 Å². The van der Waals surface area contributed by atoms with Crippen molar-refractivity contribution in [2.75, 3.05) is 32.7 Å². The summed E-state index contributed by atoms with van der Waals surface area (Å²) < 4.78 is 2.07. The number of phenolic OH excluding ortho intramolecular Hbond substituents is 1. The number of aliphatic hydroxyl groups is 1. The highest BCUT2D eigenvalue weighted by atomic mass is 16.3. The Hall–Kier alpha value is -2.41. The second kappa shape index (κ2) is 8.05. The maximum atomic E-state index is 12.6. The van der Waals surface area contributed by atoms with Gasteiger partial charge < -0.3 is 15.1 Å². The van der Waals surface area contributed by atoms with E-state index in [1.165, 1.54) is 29.4 Å². The van der Waals surface area contributed by atoms with Crippen molar-refractivity contribution >= 4 is 10.9 Å². The molecule has 6 nitrogen and oxygen atoms in total. The van der Waals surface area contributed by atoms with Gasteiger partial charge in [0, 0.05) is 42.7 Å². The van der Waals surface area contributed by atoms with Crippen molar-refractivity contribution in [2.24, 2.45) is 5.92 Å². The zero-order valence-electron chi connectivity index (χ0n) is 20.4. The number of likely N-dealkylation sites (tertiary alicyclic amines) is 2. The number of hydrogen-bond donors (Lipinski definition) is 2. The first-order chi connectivity index (χ1) is 17.0. The van der Waals surface area contributed by atoms with Crippen LogP contribution in [0.5, 0.6) is 5.75 Å². The van der Waals surface area contributed by atoms with Crippen molar-refractivity contribution in [1.29, 1.82) is 0 Å². The Balaban J connectivity index is 1.17. The van der Waals surface area contributed by atoms with Crippen molar-refractivity contribution in [2.45, 2.75) is 62.1 Å². The molecule has 2 aliphatic heterocycles. The third-order valence-electron chi connectivity index (χ3n) is 9.63. The molecule has 0 unspecified atom stereocenters. The number of hydrogen-bond acceptors (Lipinski definition) is 5. The van der Waals surface area contributed by atoms with E-state index in [2.05, 4.69) is 44.9 Å². The van der Waals surface area contributed by atoms with E-state index in [1.54, 1.807) is 0 Å². The standard InChI is InChI=1S/C29H36N4O2/c34-24-8-7-22-17-27-29(35)11-13-31(15-16-33-20-23-3-1-2-4-26(23)30-33)12-9-28(29,25(22)18-24)10-14-32(27)19-21-5-6-21/h1-4,7-8,18,20-21,27,34-35H,5-6,9-17,19H2/t27-,28+,29-/m1/s1. The maximum absolute atomic E-state index is 12.6. The minimum Gasteiger partial charge on any atom is -0.508 e. The van der Waals surface area contributed by atoms with Crippen LogP contribution in [0.4, 0.5) is 0 Å². The summed E-state index contributed by atoms with van der Waals surface area (Å²) >= 11 is 0. The van der Waals surface area contributed by atoms with E-state index < -0.39 is 5.60 Å². The summed E-state index contributed by atoms with van der Waals surface area (Å²) in [6.07, 6.45) is 8.41. The fourth-order valence-corrected chi connectivity index (χ4v) is 7.51. The third-order valence-corrected chi connectivity index (χ3v) is 9.63. The molecule has 3 heterocycles. The Morgan fingerprint density at radius 2 is 1.80 bits per heavy atom. The number of nitrogens with zero attached hydrogens (tertiary/aromatic N) is 4. The number of benzene rings is 2. The molecule has 0 spiro atoms. The average molecular weight is 473 g/mol. The molecule has 0 radical (unpaired) electrons. The molecule has 3 aromatic rings. The third kappa shape index (κ3) is 3.52. The molecule has 7 rings (SSSR count). The van der Waals surface area contributed by atoms with Gasteiger partial charge in [0.05, 0.1) is 17.7 Å². The number of aromatic nitrogens is 2. The van der Waals surface area contributed by atoms with Gasteiger partial charge in [0.15, 0.2) is 0 Å². The summed E-state index contributed by atoms with van der Waals surface area (Å²) in [7, 11) is 0. The monoisotopic (exact) mass is 472 g/mol. The zero-order valence-corrected chi connectivity index (χ0v) is 20.4. The molecule has 35 heavy (non-hydrogen) atoms. The molecule has 2 N–H and O–H groups in total. The van der Waals surface area contributed by atoms with Crippen molar-refractivity contribution < 1.29 is 10.2 Å². The summed E-state index contributed by atoms with van der Waals surface area (Å²) in [5.41, 5.74) is 2.55. The molecule has 2 saturated heterocycles. The molecule has 2 bridgehead atoms. The Bertz CT molecular complexity index is 1220. The van der Waals surface area contributed by atoms with E-state index in [1.807, 2.05) is 18.2 Å². The first-order valence-electron chi connectivity index (χ1n) is 13.5. The van der Waals surface area contributed by atoms with E-state index in [-0.39, 0.29) is 11.5 Å². The van der Waals surface area contributed by atoms with Crippen LogP contribution in [0.3, 0.4) is 0 Å². The molecule has 0 amide bonds. The fourth-order valence-electron chi connectivity index (χ4n) is 7.51. The summed E-state index contributed by atoms with van der Waals surface area (Å²) in [6.45, 7) is 5.85. The van der Waals surface area contributed by atoms with Crippen LogP contribution in [-0.4, -0.2) is 74.2 Å². The second-order valence-corrected chi connectivity index (χ2v) is 11.5. The van der Waals surface area contributed by atoms with Crippen LogP contribution >= 0.6 is 0 Å². The molecule has 3 fully saturated rings. The molecule has 4 aliphatic rings. The molecular weight excluding hydrogens is 436 g/mol. The van der Waals surface area contributed by atoms with Gasteiger partial charge in [-0.25, -0.2) is 0 Å². The average Bonchev–Trinajstić information content (AvgIpc) is 3.60. The van der Waals surface area contributed by atoms with E-state index in [9.17, 15) is 10.2 Å². The predicted octanol–water partition coefficient (Wildman–Crippen LogP) is 3.55. The molecule has 3 atom stereocenters. The van der Waals surface area contributed by atoms with Gasteiger partial charge >= 0.3 is 0 Å². The molecular formula is C29H36N4O2. The molecule has 1 saturated carbocycles. The van der Waals surface area contributed by atoms with Crippen molar-refractivity contribution in [1.82, 2.24) is 19.6 Å². The van der Waals surface area contributed by atoms with Gasteiger partial charge in [-0.15, -0.1) is 0 Å². The second-order valence-electron chi connectivity index (χ2n) is 11.5. The lowest BCUT2D eigenvalue weighted by atomic mass is 9.52. The molecule has 6 heteroatoms. The molecule has 184 valence electrons. The van der Waals surface area contributed by atoms with Crippen molar-refractivity contribution in [3.05, 3.63) is 59.8 Å². The number of aromatic hydroxyl groups is 1. The quantitative estimate of drug-likeness (QED) is 0.595. The number of fused-ring (bicyclic) bond motifs is 2. The van der Waals surface area contributed by atoms with Crippen molar-refractivity contribution in [3.63, 3.8) is 0 Å². The summed E-state index contributed by atoms with van der Waals surface area (Å²) in [5, 5.41) is 29.0. The van der Waals surface area contributed by atoms with Gasteiger partial charge in [0.25, 0.3) is 0 Å². The topological polar surface area (TPSA) is 64.8 Å². The van der Waals surface area contributed by atoms with Gasteiger partial charge in [-0.3, -0.25) is 9.58 Å². The zero-order chi connectivity index (χ0) is 23.6. The number of phenols is 1. The first kappa shape index (κ1) is 21.8. The first-order valence-corrected chi connectivity index (χ1v) is 13.5. The van der Waals surface area contributed by atoms with Gasteiger partial charge in [0.1, 0.15) is 5.75 Å². The Labute approximate surface area is 207 Å². The lowest BCUT2D eigenvalue weighted by Gasteiger charge is -2.61. The Morgan fingerprint density at radius 1 is 0.971 bits per heavy atom. The van der Waals surface area contributed by atoms with Crippen molar-refractivity contribution in [3.8, 4) is 5.75 Å². The minimum atomic E-state index is -0.754. The van der Waals surface area contributed by atoms with Crippen LogP contribution < -0.4 is 0 Å². The van der Waals surface area contributed by atoms with E-state index >= 15 is 0 Å². The number of rotatable bonds is 5. The van der Waals surface area contributed by atoms with Crippen LogP contribution in [0.1, 0.15) is 43.2 Å². The SMILES string of the molecule is Oc1ccc2c(c1)[C@@]13CCN(CCn4cc5ccccc5n4)CC[C@@]1(O)[C@@H](C2)N(CC1CC1)CC3. The van der Waals surface area contributed by atoms with E-state index in [0.717, 1.165) is 76.4 Å². The summed E-state index contributed by atoms with van der Waals surface area (Å²) in [5.74, 6) is 1.14. The predicted molar refractivity (Wildman–Crippen MR) is 137 cm³/mol. The van der Waals surface area contributed by atoms with Crippen LogP contribution in [0.2, 0.25) is 0 Å². The minimum absolute atomic E-state index is 0.172. The lowest BCUT2D eigenvalue weighted by molar-refractivity contribution is -0.149. The smallest absolute Gasteiger partial charge is 0.115 e. The lowest BCUT2D eigenvalue weighted by Crippen LogP contribution is -2.71. The molecule has 2 aliphatic carbocycles. The van der Waals surface area contributed by atoms with Gasteiger partial charge in [-0.05, 0) is 86.9 Å². The Morgan fingerprint density at radius 3 is 2.66 bits per heavy atom. The van der Waals surface area contributed by atoms with Gasteiger partial charge in [-0.2, -0.15) is 5.10 Å². The summed E-state index contributed by atoms with van der Waals surface area (Å²) in [6, 6.07) is 14.4. The van der Waals surface area contributed by atoms with Gasteiger partial charge in [0.2, 0.25) is 0 Å². The van der Waals surface area contributed by atoms with Gasteiger partial charge in [-0.1, -0.05) is 24.3 Å². The molecule has 1 aromatic heterocycles. The van der Waals surface area contributed by atoms with Crippen LogP contribution in [0.25, 0.3) is 10.9 Å². The largest absolute Gasteiger partial charge is 0.508 e. The van der Waals surface area contributed by atoms with E-state index in [4.69, 9.17) is 5.10 Å². The van der Waals surface area contributed by atoms with Crippen LogP contribution in [0, 0.1) is 5.92 Å². The highest BCUT2D eigenvalue weighted by Gasteiger charge is 2.63.